The Labute approximate surface area is 64.8 Å². The molecule has 1 aliphatic rings. The first kappa shape index (κ1) is 8.11. The summed E-state index contributed by atoms with van der Waals surface area (Å²) in [5.74, 6) is -2.07. The Bertz CT molecular complexity index is 250. The molecule has 0 aromatic rings. The highest BCUT2D eigenvalue weighted by molar-refractivity contribution is 6.52. The second-order valence-corrected chi connectivity index (χ2v) is 3.40. The summed E-state index contributed by atoms with van der Waals surface area (Å²) in [7, 11) is 0. The molecule has 1 fully saturated rings. The quantitative estimate of drug-likeness (QED) is 0.374. The minimum atomic E-state index is -1.07. The molecule has 0 unspecified atom stereocenters. The van der Waals surface area contributed by atoms with Crippen LogP contribution >= 0.6 is 0 Å². The highest BCUT2D eigenvalue weighted by atomic mass is 16.2. The van der Waals surface area contributed by atoms with Gasteiger partial charge in [0.15, 0.2) is 5.78 Å². The fraction of sp³-hybridized carbons (Fsp3) is 0.625. The van der Waals surface area contributed by atoms with Crippen molar-refractivity contribution in [1.82, 2.24) is 0 Å². The van der Waals surface area contributed by atoms with Crippen molar-refractivity contribution in [2.24, 2.45) is 11.3 Å². The summed E-state index contributed by atoms with van der Waals surface area (Å²) in [6, 6.07) is 0. The largest absolute Gasteiger partial charge is 0.298 e. The SMILES string of the molecule is C[C@H]1C(=O)C(=O)C(C)(C)C1=O. The molecule has 0 saturated heterocycles. The molecule has 0 bridgehead atoms. The molecule has 0 heterocycles. The predicted octanol–water partition coefficient (Wildman–Crippen LogP) is 0.370. The van der Waals surface area contributed by atoms with Gasteiger partial charge in [-0.25, -0.2) is 0 Å². The lowest BCUT2D eigenvalue weighted by atomic mass is 9.88. The maximum atomic E-state index is 11.2. The fourth-order valence-electron chi connectivity index (χ4n) is 1.28. The first-order chi connectivity index (χ1) is 4.89. The van der Waals surface area contributed by atoms with Gasteiger partial charge in [-0.2, -0.15) is 0 Å². The van der Waals surface area contributed by atoms with E-state index in [4.69, 9.17) is 0 Å². The van der Waals surface area contributed by atoms with Crippen LogP contribution in [0.5, 0.6) is 0 Å². The van der Waals surface area contributed by atoms with Crippen LogP contribution in [0.15, 0.2) is 0 Å². The molecule has 0 aromatic heterocycles. The zero-order chi connectivity index (χ0) is 8.81. The van der Waals surface area contributed by atoms with Gasteiger partial charge in [0, 0.05) is 0 Å². The Morgan fingerprint density at radius 3 is 1.73 bits per heavy atom. The highest BCUT2D eigenvalue weighted by Crippen LogP contribution is 2.31. The lowest BCUT2D eigenvalue weighted by Gasteiger charge is -2.10. The van der Waals surface area contributed by atoms with Gasteiger partial charge in [0.25, 0.3) is 0 Å². The highest BCUT2D eigenvalue weighted by Gasteiger charge is 2.52. The van der Waals surface area contributed by atoms with Gasteiger partial charge in [-0.15, -0.1) is 0 Å². The fourth-order valence-corrected chi connectivity index (χ4v) is 1.28. The maximum absolute atomic E-state index is 11.2. The molecule has 3 heteroatoms. The van der Waals surface area contributed by atoms with Crippen LogP contribution in [0.1, 0.15) is 20.8 Å². The zero-order valence-corrected chi connectivity index (χ0v) is 6.80. The van der Waals surface area contributed by atoms with E-state index < -0.39 is 22.9 Å². The first-order valence-electron chi connectivity index (χ1n) is 3.52. The molecule has 11 heavy (non-hydrogen) atoms. The third-order valence-corrected chi connectivity index (χ3v) is 2.19. The van der Waals surface area contributed by atoms with Crippen molar-refractivity contribution < 1.29 is 14.4 Å². The van der Waals surface area contributed by atoms with Crippen LogP contribution in [0, 0.1) is 11.3 Å². The molecule has 0 aliphatic heterocycles. The van der Waals surface area contributed by atoms with E-state index in [0.717, 1.165) is 0 Å². The molecular formula is C8H10O3. The standard InChI is InChI=1S/C8H10O3/c1-4-5(9)7(11)8(2,3)6(4)10/h4H,1-3H3/t4-/m0/s1. The van der Waals surface area contributed by atoms with Crippen molar-refractivity contribution in [2.45, 2.75) is 20.8 Å². The van der Waals surface area contributed by atoms with Crippen molar-refractivity contribution >= 4 is 17.3 Å². The van der Waals surface area contributed by atoms with Crippen LogP contribution in [-0.2, 0) is 14.4 Å². The van der Waals surface area contributed by atoms with Crippen LogP contribution < -0.4 is 0 Å². The third kappa shape index (κ3) is 0.836. The minimum Gasteiger partial charge on any atom is -0.298 e. The van der Waals surface area contributed by atoms with Crippen molar-refractivity contribution in [3.63, 3.8) is 0 Å². The van der Waals surface area contributed by atoms with Crippen LogP contribution in [0.25, 0.3) is 0 Å². The smallest absolute Gasteiger partial charge is 0.212 e. The van der Waals surface area contributed by atoms with Crippen LogP contribution in [0.2, 0.25) is 0 Å². The Morgan fingerprint density at radius 1 is 1.18 bits per heavy atom. The van der Waals surface area contributed by atoms with Crippen LogP contribution in [0.3, 0.4) is 0 Å². The van der Waals surface area contributed by atoms with E-state index in [2.05, 4.69) is 0 Å². The lowest BCUT2D eigenvalue weighted by Crippen LogP contribution is -2.26. The van der Waals surface area contributed by atoms with Crippen LogP contribution in [0.4, 0.5) is 0 Å². The Hall–Kier alpha value is -0.990. The zero-order valence-electron chi connectivity index (χ0n) is 6.80. The van der Waals surface area contributed by atoms with Gasteiger partial charge in [0.1, 0.15) is 0 Å². The molecule has 3 nitrogen and oxygen atoms in total. The van der Waals surface area contributed by atoms with E-state index in [1.807, 2.05) is 0 Å². The predicted molar refractivity (Wildman–Crippen MR) is 38.0 cm³/mol. The van der Waals surface area contributed by atoms with Gasteiger partial charge in [0.2, 0.25) is 11.6 Å². The van der Waals surface area contributed by atoms with Crippen molar-refractivity contribution in [3.05, 3.63) is 0 Å². The van der Waals surface area contributed by atoms with E-state index in [-0.39, 0.29) is 5.78 Å². The topological polar surface area (TPSA) is 51.2 Å². The van der Waals surface area contributed by atoms with Gasteiger partial charge >= 0.3 is 0 Å². The number of carbonyl (C=O) groups excluding carboxylic acids is 3. The van der Waals surface area contributed by atoms with Gasteiger partial charge in [0.05, 0.1) is 11.3 Å². The molecule has 1 aliphatic carbocycles. The summed E-state index contributed by atoms with van der Waals surface area (Å²) >= 11 is 0. The maximum Gasteiger partial charge on any atom is 0.212 e. The van der Waals surface area contributed by atoms with Crippen molar-refractivity contribution in [1.29, 1.82) is 0 Å². The monoisotopic (exact) mass is 154 g/mol. The molecule has 0 radical (unpaired) electrons. The summed E-state index contributed by atoms with van der Waals surface area (Å²) in [5.41, 5.74) is -1.07. The minimum absolute atomic E-state index is 0.257. The molecule has 0 aromatic carbocycles. The molecule has 0 amide bonds. The summed E-state index contributed by atoms with van der Waals surface area (Å²) in [5, 5.41) is 0. The van der Waals surface area contributed by atoms with Gasteiger partial charge < -0.3 is 0 Å². The molecule has 1 atom stereocenters. The van der Waals surface area contributed by atoms with Gasteiger partial charge in [-0.1, -0.05) is 0 Å². The van der Waals surface area contributed by atoms with Crippen molar-refractivity contribution in [2.75, 3.05) is 0 Å². The molecule has 1 rings (SSSR count). The number of hydrogen-bond donors (Lipinski definition) is 0. The number of carbonyl (C=O) groups is 3. The first-order valence-corrected chi connectivity index (χ1v) is 3.52. The van der Waals surface area contributed by atoms with E-state index in [0.29, 0.717) is 0 Å². The van der Waals surface area contributed by atoms with Crippen LogP contribution in [-0.4, -0.2) is 17.3 Å². The average molecular weight is 154 g/mol. The van der Waals surface area contributed by atoms with E-state index >= 15 is 0 Å². The summed E-state index contributed by atoms with van der Waals surface area (Å²) in [6.07, 6.45) is 0. The molecular weight excluding hydrogens is 144 g/mol. The number of Topliss-reactive ketones (excluding diaryl/α,β-unsaturated/α-hetero) is 3. The Morgan fingerprint density at radius 2 is 1.64 bits per heavy atom. The second kappa shape index (κ2) is 2.00. The lowest BCUT2D eigenvalue weighted by molar-refractivity contribution is -0.139. The third-order valence-electron chi connectivity index (χ3n) is 2.19. The van der Waals surface area contributed by atoms with E-state index in [9.17, 15) is 14.4 Å². The van der Waals surface area contributed by atoms with Gasteiger partial charge in [-0.05, 0) is 20.8 Å². The molecule has 1 saturated carbocycles. The summed E-state index contributed by atoms with van der Waals surface area (Å²) < 4.78 is 0. The normalized spacial score (nSPS) is 29.7. The van der Waals surface area contributed by atoms with E-state index in [1.54, 1.807) is 0 Å². The summed E-state index contributed by atoms with van der Waals surface area (Å²) in [6.45, 7) is 4.48. The van der Waals surface area contributed by atoms with Gasteiger partial charge in [-0.3, -0.25) is 14.4 Å². The number of ketones is 3. The number of hydrogen-bond acceptors (Lipinski definition) is 3. The average Bonchev–Trinajstić information content (AvgIpc) is 2.06. The molecule has 60 valence electrons. The molecule has 0 spiro atoms. The van der Waals surface area contributed by atoms with E-state index in [1.165, 1.54) is 20.8 Å². The Kier molecular flexibility index (Phi) is 1.47. The Balaban J connectivity index is 3.16. The second-order valence-electron chi connectivity index (χ2n) is 3.40. The number of rotatable bonds is 0. The molecule has 0 N–H and O–H groups in total. The summed E-state index contributed by atoms with van der Waals surface area (Å²) in [4.78, 5) is 33.2. The van der Waals surface area contributed by atoms with Crippen molar-refractivity contribution in [3.8, 4) is 0 Å².